The molecule has 0 spiro atoms. The number of amides is 4. The van der Waals surface area contributed by atoms with Crippen molar-refractivity contribution in [3.63, 3.8) is 0 Å². The Morgan fingerprint density at radius 1 is 1.26 bits per heavy atom. The SMILES string of the molecule is O=C1CN(NC(=O)COc2ccc3ccccc3c2Br)C(=O)N1. The van der Waals surface area contributed by atoms with Gasteiger partial charge in [-0.15, -0.1) is 0 Å². The van der Waals surface area contributed by atoms with Gasteiger partial charge in [0.15, 0.2) is 6.61 Å². The summed E-state index contributed by atoms with van der Waals surface area (Å²) >= 11 is 3.46. The highest BCUT2D eigenvalue weighted by atomic mass is 79.9. The Morgan fingerprint density at radius 2 is 2.04 bits per heavy atom. The fourth-order valence-electron chi connectivity index (χ4n) is 2.18. The van der Waals surface area contributed by atoms with Crippen LogP contribution >= 0.6 is 15.9 Å². The molecule has 3 rings (SSSR count). The minimum atomic E-state index is -0.657. The van der Waals surface area contributed by atoms with Gasteiger partial charge in [0.2, 0.25) is 5.91 Å². The largest absolute Gasteiger partial charge is 0.483 e. The van der Waals surface area contributed by atoms with Crippen LogP contribution in [0.3, 0.4) is 0 Å². The average molecular weight is 378 g/mol. The number of halogens is 1. The van der Waals surface area contributed by atoms with E-state index in [1.165, 1.54) is 0 Å². The van der Waals surface area contributed by atoms with Gasteiger partial charge in [0.05, 0.1) is 4.47 Å². The Hall–Kier alpha value is -2.61. The molecule has 1 heterocycles. The molecule has 1 saturated heterocycles. The lowest BCUT2D eigenvalue weighted by Gasteiger charge is -2.15. The quantitative estimate of drug-likeness (QED) is 0.791. The van der Waals surface area contributed by atoms with Crippen molar-refractivity contribution in [1.29, 1.82) is 0 Å². The average Bonchev–Trinajstić information content (AvgIpc) is 2.84. The van der Waals surface area contributed by atoms with E-state index in [-0.39, 0.29) is 13.2 Å². The zero-order valence-electron chi connectivity index (χ0n) is 11.8. The van der Waals surface area contributed by atoms with Crippen LogP contribution in [0.2, 0.25) is 0 Å². The van der Waals surface area contributed by atoms with Gasteiger partial charge in [-0.25, -0.2) is 9.80 Å². The van der Waals surface area contributed by atoms with E-state index in [0.717, 1.165) is 20.3 Å². The first-order chi connectivity index (χ1) is 11.0. The molecular weight excluding hydrogens is 366 g/mol. The number of hydrogen-bond donors (Lipinski definition) is 2. The highest BCUT2D eigenvalue weighted by molar-refractivity contribution is 9.10. The first kappa shape index (κ1) is 15.3. The summed E-state index contributed by atoms with van der Waals surface area (Å²) in [6.07, 6.45) is 0. The van der Waals surface area contributed by atoms with Gasteiger partial charge in [-0.3, -0.25) is 20.3 Å². The Bertz CT molecular complexity index is 808. The van der Waals surface area contributed by atoms with E-state index in [1.807, 2.05) is 30.3 Å². The maximum absolute atomic E-state index is 11.8. The lowest BCUT2D eigenvalue weighted by molar-refractivity contribution is -0.127. The summed E-state index contributed by atoms with van der Waals surface area (Å²) in [5.74, 6) is -0.482. The number of urea groups is 1. The first-order valence-corrected chi connectivity index (χ1v) is 7.55. The zero-order valence-corrected chi connectivity index (χ0v) is 13.4. The topological polar surface area (TPSA) is 87.7 Å². The second kappa shape index (κ2) is 6.25. The van der Waals surface area contributed by atoms with Crippen LogP contribution in [0.1, 0.15) is 0 Å². The molecule has 0 aliphatic carbocycles. The van der Waals surface area contributed by atoms with Gasteiger partial charge in [-0.1, -0.05) is 30.3 Å². The number of carbonyl (C=O) groups is 3. The maximum Gasteiger partial charge on any atom is 0.343 e. The Morgan fingerprint density at radius 3 is 2.78 bits per heavy atom. The number of hydrazine groups is 1. The number of carbonyl (C=O) groups excluding carboxylic acids is 3. The molecule has 8 heteroatoms. The van der Waals surface area contributed by atoms with Crippen molar-refractivity contribution in [1.82, 2.24) is 15.8 Å². The number of rotatable bonds is 4. The van der Waals surface area contributed by atoms with Crippen LogP contribution in [0.25, 0.3) is 10.8 Å². The molecule has 0 saturated carbocycles. The van der Waals surface area contributed by atoms with Gasteiger partial charge in [0.25, 0.3) is 5.91 Å². The second-order valence-electron chi connectivity index (χ2n) is 4.86. The molecule has 23 heavy (non-hydrogen) atoms. The van der Waals surface area contributed by atoms with Crippen LogP contribution in [0.4, 0.5) is 4.79 Å². The molecule has 2 N–H and O–H groups in total. The Balaban J connectivity index is 1.64. The van der Waals surface area contributed by atoms with Gasteiger partial charge in [0.1, 0.15) is 12.3 Å². The third-order valence-electron chi connectivity index (χ3n) is 3.24. The summed E-state index contributed by atoms with van der Waals surface area (Å²) in [7, 11) is 0. The molecule has 0 atom stereocenters. The number of hydrogen-bond acceptors (Lipinski definition) is 4. The minimum Gasteiger partial charge on any atom is -0.483 e. The van der Waals surface area contributed by atoms with Gasteiger partial charge in [-0.2, -0.15) is 0 Å². The van der Waals surface area contributed by atoms with E-state index in [9.17, 15) is 14.4 Å². The lowest BCUT2D eigenvalue weighted by Crippen LogP contribution is -2.46. The van der Waals surface area contributed by atoms with Crippen molar-refractivity contribution < 1.29 is 19.1 Å². The van der Waals surface area contributed by atoms with E-state index in [4.69, 9.17) is 4.74 Å². The van der Waals surface area contributed by atoms with Crippen LogP contribution in [0, 0.1) is 0 Å². The highest BCUT2D eigenvalue weighted by Crippen LogP contribution is 2.32. The van der Waals surface area contributed by atoms with Crippen molar-refractivity contribution >= 4 is 44.5 Å². The highest BCUT2D eigenvalue weighted by Gasteiger charge is 2.28. The van der Waals surface area contributed by atoms with Crippen LogP contribution in [-0.4, -0.2) is 36.0 Å². The van der Waals surface area contributed by atoms with E-state index in [0.29, 0.717) is 5.75 Å². The summed E-state index contributed by atoms with van der Waals surface area (Å²) in [6.45, 7) is -0.487. The van der Waals surface area contributed by atoms with Gasteiger partial charge >= 0.3 is 6.03 Å². The van der Waals surface area contributed by atoms with Crippen molar-refractivity contribution in [2.45, 2.75) is 0 Å². The molecule has 0 aromatic heterocycles. The number of benzene rings is 2. The smallest absolute Gasteiger partial charge is 0.343 e. The molecular formula is C15H12BrN3O4. The maximum atomic E-state index is 11.8. The number of fused-ring (bicyclic) bond motifs is 1. The van der Waals surface area contributed by atoms with Crippen LogP contribution in [0.15, 0.2) is 40.9 Å². The minimum absolute atomic E-state index is 0.204. The molecule has 1 fully saturated rings. The van der Waals surface area contributed by atoms with Gasteiger partial charge in [-0.05, 0) is 32.8 Å². The van der Waals surface area contributed by atoms with Crippen molar-refractivity contribution in [2.24, 2.45) is 0 Å². The Labute approximate surface area is 139 Å². The van der Waals surface area contributed by atoms with E-state index >= 15 is 0 Å². The van der Waals surface area contributed by atoms with Gasteiger partial charge < -0.3 is 4.74 Å². The number of ether oxygens (including phenoxy) is 1. The van der Waals surface area contributed by atoms with Gasteiger partial charge in [0, 0.05) is 0 Å². The summed E-state index contributed by atoms with van der Waals surface area (Å²) in [4.78, 5) is 34.2. The lowest BCUT2D eigenvalue weighted by atomic mass is 10.1. The van der Waals surface area contributed by atoms with E-state index in [2.05, 4.69) is 26.7 Å². The molecule has 0 unspecified atom stereocenters. The predicted molar refractivity (Wildman–Crippen MR) is 85.5 cm³/mol. The number of nitrogens with one attached hydrogen (secondary N) is 2. The summed E-state index contributed by atoms with van der Waals surface area (Å²) in [5, 5.41) is 4.98. The van der Waals surface area contributed by atoms with Crippen molar-refractivity contribution in [2.75, 3.05) is 13.2 Å². The first-order valence-electron chi connectivity index (χ1n) is 6.75. The molecule has 2 aromatic carbocycles. The molecule has 1 aliphatic heterocycles. The molecule has 0 radical (unpaired) electrons. The van der Waals surface area contributed by atoms with E-state index < -0.39 is 17.8 Å². The second-order valence-corrected chi connectivity index (χ2v) is 5.65. The molecule has 0 bridgehead atoms. The van der Waals surface area contributed by atoms with Crippen molar-refractivity contribution in [3.05, 3.63) is 40.9 Å². The number of imide groups is 1. The Kier molecular flexibility index (Phi) is 4.16. The van der Waals surface area contributed by atoms with Crippen LogP contribution in [-0.2, 0) is 9.59 Å². The molecule has 2 aromatic rings. The van der Waals surface area contributed by atoms with Crippen molar-refractivity contribution in [3.8, 4) is 5.75 Å². The van der Waals surface area contributed by atoms with Crippen LogP contribution < -0.4 is 15.5 Å². The summed E-state index contributed by atoms with van der Waals surface area (Å²) in [5.41, 5.74) is 2.31. The molecule has 7 nitrogen and oxygen atoms in total. The fraction of sp³-hybridized carbons (Fsp3) is 0.133. The van der Waals surface area contributed by atoms with E-state index in [1.54, 1.807) is 6.07 Å². The summed E-state index contributed by atoms with van der Waals surface area (Å²) in [6, 6.07) is 10.7. The third kappa shape index (κ3) is 3.26. The fourth-order valence-corrected chi connectivity index (χ4v) is 2.79. The van der Waals surface area contributed by atoms with Crippen LogP contribution in [0.5, 0.6) is 5.75 Å². The predicted octanol–water partition coefficient (Wildman–Crippen LogP) is 1.56. The normalized spacial score (nSPS) is 14.0. The third-order valence-corrected chi connectivity index (χ3v) is 4.06. The zero-order chi connectivity index (χ0) is 16.4. The molecule has 118 valence electrons. The number of nitrogens with zero attached hydrogens (tertiary/aromatic N) is 1. The summed E-state index contributed by atoms with van der Waals surface area (Å²) < 4.78 is 6.22. The molecule has 1 aliphatic rings. The standard InChI is InChI=1S/C15H12BrN3O4/c16-14-10-4-2-1-3-9(10)5-6-11(14)23-8-13(21)18-19-7-12(20)17-15(19)22/h1-6H,7-8H2,(H,18,21)(H,17,20,22). The monoisotopic (exact) mass is 377 g/mol. The molecule has 4 amide bonds.